The molecule has 0 radical (unpaired) electrons. The van der Waals surface area contributed by atoms with E-state index in [4.69, 9.17) is 4.42 Å². The lowest BCUT2D eigenvalue weighted by molar-refractivity contribution is -0.143. The van der Waals surface area contributed by atoms with Crippen LogP contribution in [0.3, 0.4) is 0 Å². The summed E-state index contributed by atoms with van der Waals surface area (Å²) in [7, 11) is 0. The van der Waals surface area contributed by atoms with Crippen LogP contribution in [0.2, 0.25) is 0 Å². The van der Waals surface area contributed by atoms with Gasteiger partial charge < -0.3 is 9.52 Å². The Morgan fingerprint density at radius 2 is 2.33 bits per heavy atom. The van der Waals surface area contributed by atoms with Crippen molar-refractivity contribution in [1.29, 1.82) is 0 Å². The molecule has 1 aromatic rings. The molecule has 2 aliphatic rings. The van der Waals surface area contributed by atoms with Crippen molar-refractivity contribution in [2.24, 2.45) is 11.8 Å². The maximum Gasteiger partial charge on any atom is 0.321 e. The first-order valence-corrected chi connectivity index (χ1v) is 6.67. The second-order valence-corrected chi connectivity index (χ2v) is 5.58. The van der Waals surface area contributed by atoms with E-state index in [1.54, 1.807) is 0 Å². The number of carboxylic acid groups (broad SMARTS) is 1. The summed E-state index contributed by atoms with van der Waals surface area (Å²) in [5.74, 6) is 2.00. The quantitative estimate of drug-likeness (QED) is 0.892. The maximum atomic E-state index is 11.5. The average molecular weight is 249 g/mol. The Hall–Kier alpha value is -1.29. The predicted molar refractivity (Wildman–Crippen MR) is 66.1 cm³/mol. The number of furan rings is 1. The Morgan fingerprint density at radius 3 is 3.00 bits per heavy atom. The first-order chi connectivity index (χ1) is 8.65. The number of aryl methyl sites for hydroxylation is 1. The highest BCUT2D eigenvalue weighted by molar-refractivity contribution is 5.74. The molecule has 0 spiro atoms. The van der Waals surface area contributed by atoms with E-state index in [9.17, 15) is 9.90 Å². The molecule has 2 heterocycles. The first-order valence-electron chi connectivity index (χ1n) is 6.67. The Kier molecular flexibility index (Phi) is 2.90. The minimum Gasteiger partial charge on any atom is -0.480 e. The molecule has 98 valence electrons. The molecular weight excluding hydrogens is 230 g/mol. The number of nitrogens with zero attached hydrogens (tertiary/aromatic N) is 1. The van der Waals surface area contributed by atoms with Crippen molar-refractivity contribution < 1.29 is 14.3 Å². The van der Waals surface area contributed by atoms with Gasteiger partial charge in [0.2, 0.25) is 0 Å². The van der Waals surface area contributed by atoms with Crippen molar-refractivity contribution in [1.82, 2.24) is 4.90 Å². The van der Waals surface area contributed by atoms with E-state index < -0.39 is 5.97 Å². The van der Waals surface area contributed by atoms with Crippen LogP contribution < -0.4 is 0 Å². The number of fused-ring (bicyclic) bond motifs is 1. The summed E-state index contributed by atoms with van der Waals surface area (Å²) in [6.07, 6.45) is 3.43. The summed E-state index contributed by atoms with van der Waals surface area (Å²) in [5, 5.41) is 9.44. The highest BCUT2D eigenvalue weighted by Crippen LogP contribution is 2.42. The zero-order valence-corrected chi connectivity index (χ0v) is 10.6. The molecular formula is C14H19NO3. The van der Waals surface area contributed by atoms with Gasteiger partial charge in [-0.3, -0.25) is 9.69 Å². The molecule has 1 aliphatic heterocycles. The third-order valence-electron chi connectivity index (χ3n) is 4.39. The van der Waals surface area contributed by atoms with E-state index in [0.717, 1.165) is 24.5 Å². The van der Waals surface area contributed by atoms with Gasteiger partial charge in [0.15, 0.2) is 0 Å². The summed E-state index contributed by atoms with van der Waals surface area (Å²) in [4.78, 5) is 13.6. The summed E-state index contributed by atoms with van der Waals surface area (Å²) in [5.41, 5.74) is 0. The molecule has 1 aliphatic carbocycles. The number of rotatable bonds is 3. The molecule has 0 amide bonds. The van der Waals surface area contributed by atoms with Crippen LogP contribution in [-0.2, 0) is 11.3 Å². The zero-order chi connectivity index (χ0) is 12.7. The molecule has 1 aromatic heterocycles. The number of likely N-dealkylation sites (tertiary alicyclic amines) is 1. The minimum atomic E-state index is -0.673. The van der Waals surface area contributed by atoms with E-state index in [0.29, 0.717) is 18.4 Å². The van der Waals surface area contributed by atoms with Crippen LogP contribution in [0.25, 0.3) is 0 Å². The number of hydrogen-bond acceptors (Lipinski definition) is 3. The van der Waals surface area contributed by atoms with Gasteiger partial charge in [-0.1, -0.05) is 6.42 Å². The summed E-state index contributed by atoms with van der Waals surface area (Å²) >= 11 is 0. The lowest BCUT2D eigenvalue weighted by Crippen LogP contribution is -2.39. The van der Waals surface area contributed by atoms with Gasteiger partial charge in [-0.2, -0.15) is 0 Å². The van der Waals surface area contributed by atoms with Gasteiger partial charge in [0.25, 0.3) is 0 Å². The Labute approximate surface area is 107 Å². The van der Waals surface area contributed by atoms with E-state index in [-0.39, 0.29) is 6.04 Å². The number of hydrogen-bond donors (Lipinski definition) is 1. The summed E-state index contributed by atoms with van der Waals surface area (Å²) in [6, 6.07) is 3.56. The number of aliphatic carboxylic acids is 1. The third-order valence-corrected chi connectivity index (χ3v) is 4.39. The molecule has 1 saturated carbocycles. The van der Waals surface area contributed by atoms with Crippen molar-refractivity contribution >= 4 is 5.97 Å². The second-order valence-electron chi connectivity index (χ2n) is 5.58. The van der Waals surface area contributed by atoms with Crippen LogP contribution in [0.5, 0.6) is 0 Å². The monoisotopic (exact) mass is 249 g/mol. The molecule has 3 atom stereocenters. The van der Waals surface area contributed by atoms with Crippen molar-refractivity contribution in [2.75, 3.05) is 6.54 Å². The molecule has 0 aromatic carbocycles. The highest BCUT2D eigenvalue weighted by Gasteiger charge is 2.47. The predicted octanol–water partition coefficient (Wildman–Crippen LogP) is 2.27. The van der Waals surface area contributed by atoms with E-state index in [2.05, 4.69) is 4.90 Å². The van der Waals surface area contributed by atoms with Gasteiger partial charge in [-0.15, -0.1) is 0 Å². The van der Waals surface area contributed by atoms with Crippen LogP contribution >= 0.6 is 0 Å². The molecule has 4 nitrogen and oxygen atoms in total. The SMILES string of the molecule is Cc1ccc(CN2CC3CCCC3C2C(=O)O)o1. The molecule has 3 rings (SSSR count). The van der Waals surface area contributed by atoms with Gasteiger partial charge in [0, 0.05) is 6.54 Å². The average Bonchev–Trinajstić information content (AvgIpc) is 2.93. The van der Waals surface area contributed by atoms with Crippen LogP contribution in [0.4, 0.5) is 0 Å². The van der Waals surface area contributed by atoms with Crippen LogP contribution in [0, 0.1) is 18.8 Å². The van der Waals surface area contributed by atoms with Crippen LogP contribution in [0.1, 0.15) is 30.8 Å². The molecule has 2 fully saturated rings. The summed E-state index contributed by atoms with van der Waals surface area (Å²) < 4.78 is 5.56. The third kappa shape index (κ3) is 1.94. The fourth-order valence-corrected chi connectivity index (χ4v) is 3.67. The molecule has 4 heteroatoms. The van der Waals surface area contributed by atoms with E-state index in [1.807, 2.05) is 19.1 Å². The molecule has 18 heavy (non-hydrogen) atoms. The van der Waals surface area contributed by atoms with Crippen molar-refractivity contribution in [2.45, 2.75) is 38.8 Å². The zero-order valence-electron chi connectivity index (χ0n) is 10.6. The smallest absolute Gasteiger partial charge is 0.321 e. The van der Waals surface area contributed by atoms with E-state index in [1.165, 1.54) is 12.8 Å². The van der Waals surface area contributed by atoms with Crippen molar-refractivity contribution in [3.8, 4) is 0 Å². The highest BCUT2D eigenvalue weighted by atomic mass is 16.4. The normalized spacial score (nSPS) is 31.7. The molecule has 1 saturated heterocycles. The Balaban J connectivity index is 1.77. The largest absolute Gasteiger partial charge is 0.480 e. The van der Waals surface area contributed by atoms with Crippen LogP contribution in [0.15, 0.2) is 16.5 Å². The fraction of sp³-hybridized carbons (Fsp3) is 0.643. The maximum absolute atomic E-state index is 11.5. The topological polar surface area (TPSA) is 53.7 Å². The molecule has 1 N–H and O–H groups in total. The van der Waals surface area contributed by atoms with Crippen molar-refractivity contribution in [3.05, 3.63) is 23.7 Å². The lowest BCUT2D eigenvalue weighted by Gasteiger charge is -2.23. The molecule has 0 bridgehead atoms. The fourth-order valence-electron chi connectivity index (χ4n) is 3.67. The van der Waals surface area contributed by atoms with Gasteiger partial charge in [0.05, 0.1) is 6.54 Å². The van der Waals surface area contributed by atoms with E-state index >= 15 is 0 Å². The minimum absolute atomic E-state index is 0.317. The first kappa shape index (κ1) is 11.8. The number of carboxylic acids is 1. The van der Waals surface area contributed by atoms with Gasteiger partial charge in [-0.05, 0) is 43.7 Å². The Morgan fingerprint density at radius 1 is 1.50 bits per heavy atom. The Bertz CT molecular complexity index is 454. The molecule has 3 unspecified atom stereocenters. The van der Waals surface area contributed by atoms with Gasteiger partial charge in [0.1, 0.15) is 17.6 Å². The van der Waals surface area contributed by atoms with Crippen molar-refractivity contribution in [3.63, 3.8) is 0 Å². The van der Waals surface area contributed by atoms with Gasteiger partial charge >= 0.3 is 5.97 Å². The summed E-state index contributed by atoms with van der Waals surface area (Å²) in [6.45, 7) is 3.44. The standard InChI is InChI=1S/C14H19NO3/c1-9-5-6-11(18-9)8-15-7-10-3-2-4-12(10)13(15)14(16)17/h5-6,10,12-13H,2-4,7-8H2,1H3,(H,16,17). The number of carbonyl (C=O) groups is 1. The van der Waals surface area contributed by atoms with Gasteiger partial charge in [-0.25, -0.2) is 0 Å². The van der Waals surface area contributed by atoms with Crippen LogP contribution in [-0.4, -0.2) is 28.6 Å². The second kappa shape index (κ2) is 4.43. The lowest BCUT2D eigenvalue weighted by atomic mass is 9.94.